The Hall–Kier alpha value is -1.74. The van der Waals surface area contributed by atoms with Crippen molar-refractivity contribution in [3.05, 3.63) is 30.0 Å². The average molecular weight is 377 g/mol. The Labute approximate surface area is 143 Å². The predicted molar refractivity (Wildman–Crippen MR) is 85.8 cm³/mol. The van der Waals surface area contributed by atoms with E-state index in [9.17, 15) is 21.6 Å². The molecule has 0 bridgehead atoms. The molecular weight excluding hydrogens is 359 g/mol. The van der Waals surface area contributed by atoms with Crippen molar-refractivity contribution in [1.82, 2.24) is 4.90 Å². The molecule has 0 N–H and O–H groups in total. The molecule has 0 spiro atoms. The first-order valence-electron chi connectivity index (χ1n) is 7.93. The zero-order chi connectivity index (χ0) is 18.2. The predicted octanol–water partition coefficient (Wildman–Crippen LogP) is 3.69. The van der Waals surface area contributed by atoms with Crippen LogP contribution in [0, 0.1) is 0 Å². The topological polar surface area (TPSA) is 59.8 Å². The zero-order valence-corrected chi connectivity index (χ0v) is 14.4. The van der Waals surface area contributed by atoms with Crippen molar-refractivity contribution in [2.45, 2.75) is 37.7 Å². The van der Waals surface area contributed by atoms with E-state index in [1.54, 1.807) is 6.07 Å². The monoisotopic (exact) mass is 377 g/mol. The van der Waals surface area contributed by atoms with E-state index in [2.05, 4.69) is 16.0 Å². The summed E-state index contributed by atoms with van der Waals surface area (Å²) in [6, 6.07) is 6.16. The Morgan fingerprint density at radius 1 is 1.36 bits per heavy atom. The number of halogens is 3. The molecule has 1 aliphatic heterocycles. The molecule has 1 unspecified atom stereocenters. The summed E-state index contributed by atoms with van der Waals surface area (Å²) in [5.74, 6) is 0.189. The maximum atomic E-state index is 12.5. The summed E-state index contributed by atoms with van der Waals surface area (Å²) in [5, 5.41) is 0.208. The smallest absolute Gasteiger partial charge is 0.461 e. The summed E-state index contributed by atoms with van der Waals surface area (Å²) >= 11 is 0. The van der Waals surface area contributed by atoms with Gasteiger partial charge in [-0.3, -0.25) is 0 Å². The molecule has 3 rings (SSSR count). The Morgan fingerprint density at radius 2 is 2.12 bits per heavy atom. The molecule has 0 saturated carbocycles. The van der Waals surface area contributed by atoms with Gasteiger partial charge in [-0.15, -0.1) is 0 Å². The molecule has 0 aliphatic carbocycles. The number of likely N-dealkylation sites (tertiary alicyclic amines) is 1. The Morgan fingerprint density at radius 3 is 2.76 bits per heavy atom. The van der Waals surface area contributed by atoms with Gasteiger partial charge in [0.25, 0.3) is 0 Å². The van der Waals surface area contributed by atoms with Crippen molar-refractivity contribution in [2.24, 2.45) is 0 Å². The third-order valence-corrected chi connectivity index (χ3v) is 5.36. The van der Waals surface area contributed by atoms with Gasteiger partial charge < -0.3 is 13.5 Å². The van der Waals surface area contributed by atoms with Crippen LogP contribution in [0.3, 0.4) is 0 Å². The van der Waals surface area contributed by atoms with E-state index < -0.39 is 15.6 Å². The lowest BCUT2D eigenvalue weighted by Crippen LogP contribution is -2.28. The highest BCUT2D eigenvalue weighted by molar-refractivity contribution is 7.88. The maximum absolute atomic E-state index is 12.5. The maximum Gasteiger partial charge on any atom is 0.534 e. The van der Waals surface area contributed by atoms with Crippen LogP contribution in [0.5, 0.6) is 5.75 Å². The van der Waals surface area contributed by atoms with Crippen molar-refractivity contribution in [2.75, 3.05) is 13.1 Å². The van der Waals surface area contributed by atoms with Crippen molar-refractivity contribution in [3.63, 3.8) is 0 Å². The fourth-order valence-corrected chi connectivity index (χ4v) is 3.50. The van der Waals surface area contributed by atoms with Gasteiger partial charge in [0.2, 0.25) is 0 Å². The van der Waals surface area contributed by atoms with Crippen LogP contribution in [0.1, 0.15) is 25.5 Å². The van der Waals surface area contributed by atoms with E-state index in [4.69, 9.17) is 4.42 Å². The molecule has 1 aromatic heterocycles. The summed E-state index contributed by atoms with van der Waals surface area (Å²) < 4.78 is 69.9. The second-order valence-electron chi connectivity index (χ2n) is 6.14. The molecule has 1 aliphatic rings. The van der Waals surface area contributed by atoms with Gasteiger partial charge in [0, 0.05) is 19.0 Å². The second-order valence-corrected chi connectivity index (χ2v) is 7.68. The highest BCUT2D eigenvalue weighted by Crippen LogP contribution is 2.33. The lowest BCUT2D eigenvalue weighted by atomic mass is 10.2. The third kappa shape index (κ3) is 3.77. The molecule has 138 valence electrons. The molecule has 1 fully saturated rings. The minimum Gasteiger partial charge on any atom is -0.461 e. The number of hydrogen-bond acceptors (Lipinski definition) is 5. The minimum absolute atomic E-state index is 0.208. The van der Waals surface area contributed by atoms with E-state index in [-0.39, 0.29) is 11.1 Å². The van der Waals surface area contributed by atoms with Crippen LogP contribution in [0.15, 0.2) is 28.7 Å². The Kier molecular flexibility index (Phi) is 4.72. The normalized spacial score (nSPS) is 19.6. The van der Waals surface area contributed by atoms with Gasteiger partial charge in [-0.2, -0.15) is 21.6 Å². The largest absolute Gasteiger partial charge is 0.534 e. The lowest BCUT2D eigenvalue weighted by Gasteiger charge is -2.19. The van der Waals surface area contributed by atoms with Gasteiger partial charge >= 0.3 is 15.6 Å². The molecule has 2 heterocycles. The van der Waals surface area contributed by atoms with Gasteiger partial charge in [-0.05, 0) is 44.5 Å². The van der Waals surface area contributed by atoms with E-state index in [1.807, 2.05) is 0 Å². The number of hydrogen-bond donors (Lipinski definition) is 0. The molecule has 0 amide bonds. The average Bonchev–Trinajstić information content (AvgIpc) is 3.10. The molecule has 5 nitrogen and oxygen atoms in total. The molecule has 2 aromatic rings. The number of nitrogens with zero attached hydrogens (tertiary/aromatic N) is 1. The number of rotatable bonds is 5. The summed E-state index contributed by atoms with van der Waals surface area (Å²) in [7, 11) is -5.72. The highest BCUT2D eigenvalue weighted by atomic mass is 32.2. The summed E-state index contributed by atoms with van der Waals surface area (Å²) in [5.41, 5.74) is -5.19. The van der Waals surface area contributed by atoms with Gasteiger partial charge in [0.15, 0.2) is 5.75 Å². The number of fused-ring (bicyclic) bond motifs is 1. The first kappa shape index (κ1) is 18.1. The Bertz CT molecular complexity index is 860. The number of benzene rings is 1. The van der Waals surface area contributed by atoms with Gasteiger partial charge in [0.1, 0.15) is 11.3 Å². The fraction of sp³-hybridized carbons (Fsp3) is 0.500. The SMILES string of the molecule is CC1CCCN1CCc1cc2c(OS(=O)(=O)C(F)(F)F)cccc2o1. The summed E-state index contributed by atoms with van der Waals surface area (Å²) in [6.45, 7) is 3.94. The minimum atomic E-state index is -5.72. The van der Waals surface area contributed by atoms with E-state index in [1.165, 1.54) is 18.2 Å². The van der Waals surface area contributed by atoms with Gasteiger partial charge in [-0.25, -0.2) is 0 Å². The third-order valence-electron chi connectivity index (χ3n) is 4.39. The summed E-state index contributed by atoms with van der Waals surface area (Å²) in [4.78, 5) is 2.32. The number of furan rings is 1. The molecule has 0 radical (unpaired) electrons. The van der Waals surface area contributed by atoms with Crippen molar-refractivity contribution in [3.8, 4) is 5.75 Å². The second kappa shape index (κ2) is 6.53. The van der Waals surface area contributed by atoms with Crippen LogP contribution in [0.4, 0.5) is 13.2 Å². The Balaban J connectivity index is 1.81. The van der Waals surface area contributed by atoms with Crippen LogP contribution >= 0.6 is 0 Å². The van der Waals surface area contributed by atoms with Crippen molar-refractivity contribution in [1.29, 1.82) is 0 Å². The quantitative estimate of drug-likeness (QED) is 0.588. The molecule has 1 aromatic carbocycles. The van der Waals surface area contributed by atoms with Crippen molar-refractivity contribution < 1.29 is 30.2 Å². The highest BCUT2D eigenvalue weighted by Gasteiger charge is 2.48. The van der Waals surface area contributed by atoms with E-state index in [0.717, 1.165) is 25.9 Å². The summed E-state index contributed by atoms with van der Waals surface area (Å²) in [6.07, 6.45) is 2.88. The fourth-order valence-electron chi connectivity index (χ4n) is 3.03. The molecule has 9 heteroatoms. The molecule has 25 heavy (non-hydrogen) atoms. The van der Waals surface area contributed by atoms with Crippen LogP contribution in [-0.4, -0.2) is 38.0 Å². The molecule has 1 saturated heterocycles. The van der Waals surface area contributed by atoms with Gasteiger partial charge in [0.05, 0.1) is 5.39 Å². The first-order valence-corrected chi connectivity index (χ1v) is 9.34. The van der Waals surface area contributed by atoms with Crippen LogP contribution in [0.2, 0.25) is 0 Å². The molecular formula is C16H18F3NO4S. The standard InChI is InChI=1S/C16H18F3NO4S/c1-11-4-3-8-20(11)9-7-12-10-13-14(23-12)5-2-6-15(13)24-25(21,22)16(17,18)19/h2,5-6,10-11H,3-4,7-9H2,1H3. The van der Waals surface area contributed by atoms with E-state index in [0.29, 0.717) is 23.8 Å². The first-order chi connectivity index (χ1) is 11.7. The van der Waals surface area contributed by atoms with Crippen LogP contribution in [0.25, 0.3) is 11.0 Å². The van der Waals surface area contributed by atoms with Gasteiger partial charge in [-0.1, -0.05) is 6.07 Å². The van der Waals surface area contributed by atoms with Crippen LogP contribution < -0.4 is 4.18 Å². The van der Waals surface area contributed by atoms with E-state index >= 15 is 0 Å². The number of alkyl halides is 3. The lowest BCUT2D eigenvalue weighted by molar-refractivity contribution is -0.0499. The van der Waals surface area contributed by atoms with Crippen molar-refractivity contribution >= 4 is 21.1 Å². The van der Waals surface area contributed by atoms with Crippen LogP contribution in [-0.2, 0) is 16.5 Å². The molecule has 1 atom stereocenters. The zero-order valence-electron chi connectivity index (χ0n) is 13.5.